The van der Waals surface area contributed by atoms with Crippen molar-refractivity contribution in [3.05, 3.63) is 42.4 Å². The number of primary amides is 1. The molecular weight excluding hydrogens is 386 g/mol. The molecule has 2 amide bonds. The first-order valence-electron chi connectivity index (χ1n) is 10.0. The Balaban J connectivity index is 1.27. The van der Waals surface area contributed by atoms with E-state index in [1.54, 1.807) is 28.2 Å². The normalized spacial score (nSPS) is 17.3. The Labute approximate surface area is 172 Å². The second-order valence-corrected chi connectivity index (χ2v) is 7.77. The van der Waals surface area contributed by atoms with Gasteiger partial charge in [0, 0.05) is 37.3 Å². The van der Waals surface area contributed by atoms with E-state index in [2.05, 4.69) is 20.1 Å². The lowest BCUT2D eigenvalue weighted by Gasteiger charge is -2.29. The van der Waals surface area contributed by atoms with Crippen LogP contribution in [-0.2, 0) is 4.79 Å². The number of amides is 2. The SMILES string of the molecule is NC(=O)C1CCN(C(=O)c2cn(-c3ccc(-c4nc(C5CC5)no4)cn3)cn2)CC1. The maximum atomic E-state index is 12.7. The molecule has 1 aliphatic heterocycles. The molecule has 1 saturated carbocycles. The Bertz CT molecular complexity index is 1080. The van der Waals surface area contributed by atoms with E-state index in [0.717, 1.165) is 24.2 Å². The first-order valence-corrected chi connectivity index (χ1v) is 10.0. The highest BCUT2D eigenvalue weighted by molar-refractivity contribution is 5.92. The summed E-state index contributed by atoms with van der Waals surface area (Å²) in [5.74, 6) is 1.65. The molecule has 0 spiro atoms. The minimum atomic E-state index is -0.301. The van der Waals surface area contributed by atoms with Gasteiger partial charge in [-0.25, -0.2) is 9.97 Å². The molecule has 3 aromatic heterocycles. The highest BCUT2D eigenvalue weighted by Crippen LogP contribution is 2.38. The second kappa shape index (κ2) is 7.36. The van der Waals surface area contributed by atoms with Gasteiger partial charge in [0.1, 0.15) is 17.8 Å². The number of carbonyl (C=O) groups excluding carboxylic acids is 2. The van der Waals surface area contributed by atoms with E-state index in [1.165, 1.54) is 0 Å². The van der Waals surface area contributed by atoms with Gasteiger partial charge >= 0.3 is 0 Å². The predicted octanol–water partition coefficient (Wildman–Crippen LogP) is 1.53. The van der Waals surface area contributed by atoms with E-state index in [-0.39, 0.29) is 17.7 Å². The minimum Gasteiger partial charge on any atom is -0.369 e. The zero-order chi connectivity index (χ0) is 20.7. The fourth-order valence-corrected chi connectivity index (χ4v) is 3.61. The highest BCUT2D eigenvalue weighted by Gasteiger charge is 2.29. The van der Waals surface area contributed by atoms with Crippen LogP contribution >= 0.6 is 0 Å². The molecule has 1 saturated heterocycles. The van der Waals surface area contributed by atoms with Crippen molar-refractivity contribution >= 4 is 11.8 Å². The molecule has 3 aromatic rings. The van der Waals surface area contributed by atoms with Gasteiger partial charge in [-0.1, -0.05) is 5.16 Å². The lowest BCUT2D eigenvalue weighted by Crippen LogP contribution is -2.41. The molecule has 2 aliphatic rings. The van der Waals surface area contributed by atoms with Crippen LogP contribution < -0.4 is 5.73 Å². The highest BCUT2D eigenvalue weighted by atomic mass is 16.5. The van der Waals surface area contributed by atoms with E-state index in [9.17, 15) is 9.59 Å². The van der Waals surface area contributed by atoms with Crippen LogP contribution in [-0.4, -0.2) is 54.5 Å². The number of nitrogens with two attached hydrogens (primary N) is 1. The third kappa shape index (κ3) is 3.56. The average Bonchev–Trinajstić information content (AvgIpc) is 3.30. The third-order valence-corrected chi connectivity index (χ3v) is 5.63. The maximum Gasteiger partial charge on any atom is 0.274 e. The summed E-state index contributed by atoms with van der Waals surface area (Å²) in [6.45, 7) is 0.999. The molecular formula is C20H21N7O3. The fourth-order valence-electron chi connectivity index (χ4n) is 3.61. The monoisotopic (exact) mass is 407 g/mol. The van der Waals surface area contributed by atoms with Gasteiger partial charge in [0.2, 0.25) is 5.91 Å². The molecule has 0 atom stereocenters. The van der Waals surface area contributed by atoms with Gasteiger partial charge in [-0.2, -0.15) is 4.98 Å². The van der Waals surface area contributed by atoms with Crippen LogP contribution in [0.2, 0.25) is 0 Å². The van der Waals surface area contributed by atoms with E-state index < -0.39 is 0 Å². The molecule has 2 fully saturated rings. The molecule has 10 heteroatoms. The summed E-state index contributed by atoms with van der Waals surface area (Å²) >= 11 is 0. The molecule has 154 valence electrons. The van der Waals surface area contributed by atoms with Crippen molar-refractivity contribution in [1.29, 1.82) is 0 Å². The Kier molecular flexibility index (Phi) is 4.53. The van der Waals surface area contributed by atoms with E-state index in [1.807, 2.05) is 12.1 Å². The van der Waals surface area contributed by atoms with Crippen LogP contribution in [0, 0.1) is 5.92 Å². The van der Waals surface area contributed by atoms with Gasteiger partial charge in [0.05, 0.1) is 5.56 Å². The lowest BCUT2D eigenvalue weighted by molar-refractivity contribution is -0.123. The molecule has 5 rings (SSSR count). The summed E-state index contributed by atoms with van der Waals surface area (Å²) in [6.07, 6.45) is 8.27. The molecule has 0 aromatic carbocycles. The van der Waals surface area contributed by atoms with E-state index in [0.29, 0.717) is 49.3 Å². The second-order valence-electron chi connectivity index (χ2n) is 7.77. The number of imidazole rings is 1. The number of carbonyl (C=O) groups is 2. The molecule has 4 heterocycles. The summed E-state index contributed by atoms with van der Waals surface area (Å²) in [6, 6.07) is 3.66. The molecule has 1 aliphatic carbocycles. The summed E-state index contributed by atoms with van der Waals surface area (Å²) < 4.78 is 7.01. The van der Waals surface area contributed by atoms with Crippen molar-refractivity contribution in [3.8, 4) is 17.3 Å². The quantitative estimate of drug-likeness (QED) is 0.678. The van der Waals surface area contributed by atoms with E-state index in [4.69, 9.17) is 10.3 Å². The lowest BCUT2D eigenvalue weighted by atomic mass is 9.96. The van der Waals surface area contributed by atoms with Crippen molar-refractivity contribution in [2.75, 3.05) is 13.1 Å². The number of hydrogen-bond acceptors (Lipinski definition) is 7. The van der Waals surface area contributed by atoms with Crippen LogP contribution in [0.1, 0.15) is 47.9 Å². The Morgan fingerprint density at radius 2 is 1.90 bits per heavy atom. The molecule has 30 heavy (non-hydrogen) atoms. The van der Waals surface area contributed by atoms with Crippen LogP contribution in [0.3, 0.4) is 0 Å². The van der Waals surface area contributed by atoms with Crippen molar-refractivity contribution in [2.24, 2.45) is 11.7 Å². The van der Waals surface area contributed by atoms with Gasteiger partial charge in [0.25, 0.3) is 11.8 Å². The number of pyridine rings is 1. The predicted molar refractivity (Wildman–Crippen MR) is 104 cm³/mol. The zero-order valence-electron chi connectivity index (χ0n) is 16.3. The standard InChI is InChI=1S/C20H21N7O3/c21-17(28)12-5-7-26(8-6-12)20(29)15-10-27(11-23-15)16-4-3-14(9-22-16)19-24-18(25-30-19)13-1-2-13/h3-4,9-13H,1-2,5-8H2,(H2,21,28). The van der Waals surface area contributed by atoms with Crippen molar-refractivity contribution in [2.45, 2.75) is 31.6 Å². The molecule has 10 nitrogen and oxygen atoms in total. The smallest absolute Gasteiger partial charge is 0.274 e. The zero-order valence-corrected chi connectivity index (χ0v) is 16.3. The van der Waals surface area contributed by atoms with Crippen molar-refractivity contribution in [3.63, 3.8) is 0 Å². The summed E-state index contributed by atoms with van der Waals surface area (Å²) in [5, 5.41) is 4.02. The Morgan fingerprint density at radius 3 is 2.57 bits per heavy atom. The topological polar surface area (TPSA) is 133 Å². The van der Waals surface area contributed by atoms with Crippen LogP contribution in [0.5, 0.6) is 0 Å². The van der Waals surface area contributed by atoms with Gasteiger partial charge in [0.15, 0.2) is 5.82 Å². The van der Waals surface area contributed by atoms with E-state index >= 15 is 0 Å². The Morgan fingerprint density at radius 1 is 1.10 bits per heavy atom. The third-order valence-electron chi connectivity index (χ3n) is 5.63. The maximum absolute atomic E-state index is 12.7. The molecule has 0 bridgehead atoms. The number of rotatable bonds is 5. The Hall–Kier alpha value is -3.56. The summed E-state index contributed by atoms with van der Waals surface area (Å²) in [7, 11) is 0. The number of likely N-dealkylation sites (tertiary alicyclic amines) is 1. The number of piperidine rings is 1. The van der Waals surface area contributed by atoms with Crippen LogP contribution in [0.4, 0.5) is 0 Å². The van der Waals surface area contributed by atoms with Gasteiger partial charge < -0.3 is 15.2 Å². The minimum absolute atomic E-state index is 0.159. The van der Waals surface area contributed by atoms with Crippen molar-refractivity contribution in [1.82, 2.24) is 29.6 Å². The van der Waals surface area contributed by atoms with Crippen molar-refractivity contribution < 1.29 is 14.1 Å². The average molecular weight is 407 g/mol. The summed E-state index contributed by atoms with van der Waals surface area (Å²) in [4.78, 5) is 38.8. The van der Waals surface area contributed by atoms with Crippen LogP contribution in [0.25, 0.3) is 17.3 Å². The number of aromatic nitrogens is 5. The first kappa shape index (κ1) is 18.5. The molecule has 0 unspecified atom stereocenters. The summed E-state index contributed by atoms with van der Waals surface area (Å²) in [5.41, 5.74) is 6.43. The molecule has 0 radical (unpaired) electrons. The fraction of sp³-hybridized carbons (Fsp3) is 0.400. The largest absolute Gasteiger partial charge is 0.369 e. The number of hydrogen-bond donors (Lipinski definition) is 1. The van der Waals surface area contributed by atoms with Gasteiger partial charge in [-0.15, -0.1) is 0 Å². The van der Waals surface area contributed by atoms with Crippen LogP contribution in [0.15, 0.2) is 35.4 Å². The number of nitrogens with zero attached hydrogens (tertiary/aromatic N) is 6. The van der Waals surface area contributed by atoms with Gasteiger partial charge in [-0.3, -0.25) is 14.2 Å². The first-order chi connectivity index (χ1) is 14.6. The van der Waals surface area contributed by atoms with Gasteiger partial charge in [-0.05, 0) is 37.8 Å². The molecule has 2 N–H and O–H groups in total.